The molecule has 2 aliphatic rings. The van der Waals surface area contributed by atoms with Gasteiger partial charge < -0.3 is 20.3 Å². The van der Waals surface area contributed by atoms with Crippen molar-refractivity contribution >= 4 is 15.5 Å². The Bertz CT molecular complexity index is 1440. The highest BCUT2D eigenvalue weighted by Gasteiger charge is 2.40. The van der Waals surface area contributed by atoms with Gasteiger partial charge in [-0.05, 0) is 54.4 Å². The predicted octanol–water partition coefficient (Wildman–Crippen LogP) is 3.27. The largest absolute Gasteiger partial charge is 0.628 e. The summed E-state index contributed by atoms with van der Waals surface area (Å²) in [7, 11) is -3.99. The molecule has 40 heavy (non-hydrogen) atoms. The predicted molar refractivity (Wildman–Crippen MR) is 130 cm³/mol. The Kier molecular flexibility index (Phi) is 7.97. The molecule has 3 unspecified atom stereocenters. The number of benzene rings is 2. The lowest BCUT2D eigenvalue weighted by Crippen LogP contribution is -3.09. The summed E-state index contributed by atoms with van der Waals surface area (Å²) in [6, 6.07) is 3.09. The molecule has 0 radical (unpaired) electrons. The van der Waals surface area contributed by atoms with Gasteiger partial charge in [-0.3, -0.25) is 5.32 Å². The summed E-state index contributed by atoms with van der Waals surface area (Å²) in [6.45, 7) is 1.48. The second kappa shape index (κ2) is 10.7. The Hall–Kier alpha value is -3.14. The van der Waals surface area contributed by atoms with Gasteiger partial charge in [0, 0.05) is 30.9 Å². The zero-order chi connectivity index (χ0) is 29.6. The van der Waals surface area contributed by atoms with Crippen molar-refractivity contribution in [2.45, 2.75) is 37.2 Å². The molecule has 2 aromatic rings. The van der Waals surface area contributed by atoms with Gasteiger partial charge >= 0.3 is 12.4 Å². The Morgan fingerprint density at radius 3 is 2.23 bits per heavy atom. The summed E-state index contributed by atoms with van der Waals surface area (Å²) >= 11 is 0. The first-order valence-corrected chi connectivity index (χ1v) is 13.7. The SMILES string of the molecule is Cc1cc(F)ccc1/C1=C/C(S(C)(=O)=O)OC2=C(CNCN2)C(Cc2cc(C(F)(F)F)cc(C(F)(F)F)c2)[NH+]1[O-]. The van der Waals surface area contributed by atoms with Gasteiger partial charge in [-0.1, -0.05) is 0 Å². The second-order valence-corrected chi connectivity index (χ2v) is 11.6. The fourth-order valence-corrected chi connectivity index (χ4v) is 5.25. The molecular formula is C25H24F7N3O4S. The molecule has 15 heteroatoms. The summed E-state index contributed by atoms with van der Waals surface area (Å²) in [5.74, 6) is -0.761. The average Bonchev–Trinajstić information content (AvgIpc) is 2.83. The zero-order valence-corrected chi connectivity index (χ0v) is 21.8. The van der Waals surface area contributed by atoms with E-state index in [4.69, 9.17) is 4.74 Å². The Labute approximate surface area is 224 Å². The standard InChI is InChI=1S/C25H24F7N3O4S/c1-13-5-17(26)3-4-18(13)21-10-22(40(2,37)38)39-23-19(11-33-12-34-23)20(35(21)36)8-14-6-15(24(27,28)29)9-16(7-14)25(30,31)32/h3-7,9-10,20,22,33-35H,8,11-12H2,1-2H3/b21-10-. The summed E-state index contributed by atoms with van der Waals surface area (Å²) in [4.78, 5) is 0. The molecule has 0 bridgehead atoms. The van der Waals surface area contributed by atoms with Gasteiger partial charge in [0.1, 0.15) is 17.6 Å². The zero-order valence-electron chi connectivity index (χ0n) is 21.0. The van der Waals surface area contributed by atoms with E-state index in [1.165, 1.54) is 13.0 Å². The molecular weight excluding hydrogens is 571 g/mol. The Morgan fingerprint density at radius 2 is 1.68 bits per heavy atom. The van der Waals surface area contributed by atoms with Crippen molar-refractivity contribution < 1.29 is 49.0 Å². The van der Waals surface area contributed by atoms with Crippen molar-refractivity contribution in [1.82, 2.24) is 10.6 Å². The van der Waals surface area contributed by atoms with E-state index in [-0.39, 0.29) is 47.6 Å². The van der Waals surface area contributed by atoms with Crippen LogP contribution < -0.4 is 15.7 Å². The number of sulfone groups is 1. The molecule has 0 saturated carbocycles. The van der Waals surface area contributed by atoms with Gasteiger partial charge in [0.15, 0.2) is 15.7 Å². The van der Waals surface area contributed by atoms with Crippen molar-refractivity contribution in [3.8, 4) is 0 Å². The van der Waals surface area contributed by atoms with Crippen molar-refractivity contribution in [3.05, 3.63) is 92.8 Å². The van der Waals surface area contributed by atoms with Crippen LogP contribution in [0.3, 0.4) is 0 Å². The van der Waals surface area contributed by atoms with Crippen LogP contribution in [-0.4, -0.2) is 39.4 Å². The number of hydroxylamine groups is 2. The van der Waals surface area contributed by atoms with Gasteiger partial charge in [0.2, 0.25) is 5.44 Å². The van der Waals surface area contributed by atoms with E-state index >= 15 is 0 Å². The fraction of sp³-hybridized carbons (Fsp3) is 0.360. The van der Waals surface area contributed by atoms with Crippen LogP contribution in [0, 0.1) is 17.9 Å². The molecule has 2 heterocycles. The minimum atomic E-state index is -5.10. The third-order valence-electron chi connectivity index (χ3n) is 6.51. The van der Waals surface area contributed by atoms with Crippen LogP contribution >= 0.6 is 0 Å². The maximum absolute atomic E-state index is 14.1. The monoisotopic (exact) mass is 595 g/mol. The quantitative estimate of drug-likeness (QED) is 0.371. The van der Waals surface area contributed by atoms with Gasteiger partial charge in [0.25, 0.3) is 0 Å². The molecule has 0 aromatic heterocycles. The maximum atomic E-state index is 14.1. The first kappa shape index (κ1) is 29.8. The molecule has 0 spiro atoms. The molecule has 0 saturated heterocycles. The highest BCUT2D eigenvalue weighted by molar-refractivity contribution is 7.91. The van der Waals surface area contributed by atoms with Gasteiger partial charge in [0.05, 0.1) is 23.4 Å². The molecule has 4 rings (SSSR count). The number of hydrogen-bond donors (Lipinski definition) is 3. The molecule has 0 amide bonds. The molecule has 2 aliphatic heterocycles. The van der Waals surface area contributed by atoms with Crippen LogP contribution in [0.4, 0.5) is 30.7 Å². The molecule has 3 atom stereocenters. The highest BCUT2D eigenvalue weighted by Crippen LogP contribution is 2.37. The number of aryl methyl sites for hydroxylation is 1. The normalized spacial score (nSPS) is 23.8. The van der Waals surface area contributed by atoms with E-state index in [9.17, 15) is 44.4 Å². The fourth-order valence-electron chi connectivity index (χ4n) is 4.60. The van der Waals surface area contributed by atoms with E-state index in [0.717, 1.165) is 24.5 Å². The lowest BCUT2D eigenvalue weighted by molar-refractivity contribution is -0.793. The van der Waals surface area contributed by atoms with Crippen LogP contribution in [-0.2, 0) is 33.3 Å². The lowest BCUT2D eigenvalue weighted by atomic mass is 9.93. The summed E-state index contributed by atoms with van der Waals surface area (Å²) in [5, 5.41) is 19.0. The van der Waals surface area contributed by atoms with E-state index < -0.39 is 67.7 Å². The second-order valence-electron chi connectivity index (χ2n) is 9.53. The van der Waals surface area contributed by atoms with E-state index in [1.54, 1.807) is 0 Å². The Morgan fingerprint density at radius 1 is 1.05 bits per heavy atom. The molecule has 7 nitrogen and oxygen atoms in total. The van der Waals surface area contributed by atoms with Gasteiger partial charge in [-0.25, -0.2) is 12.8 Å². The highest BCUT2D eigenvalue weighted by atomic mass is 32.2. The summed E-state index contributed by atoms with van der Waals surface area (Å²) < 4.78 is 126. The average molecular weight is 596 g/mol. The first-order chi connectivity index (χ1) is 18.4. The van der Waals surface area contributed by atoms with Crippen molar-refractivity contribution in [2.24, 2.45) is 0 Å². The van der Waals surface area contributed by atoms with E-state index in [2.05, 4.69) is 10.6 Å². The molecule has 0 fully saturated rings. The molecule has 3 N–H and O–H groups in total. The number of alkyl halides is 6. The molecule has 218 valence electrons. The number of halogens is 7. The smallest absolute Gasteiger partial charge is 0.416 e. The third kappa shape index (κ3) is 6.43. The van der Waals surface area contributed by atoms with Crippen LogP contribution in [0.5, 0.6) is 0 Å². The van der Waals surface area contributed by atoms with Crippen molar-refractivity contribution in [1.29, 1.82) is 0 Å². The number of hydrogen-bond acceptors (Lipinski definition) is 6. The van der Waals surface area contributed by atoms with E-state index in [1.807, 2.05) is 0 Å². The summed E-state index contributed by atoms with van der Waals surface area (Å²) in [5.41, 5.74) is -4.90. The van der Waals surface area contributed by atoms with Crippen molar-refractivity contribution in [2.75, 3.05) is 19.5 Å². The van der Waals surface area contributed by atoms with E-state index in [0.29, 0.717) is 12.1 Å². The minimum absolute atomic E-state index is 0.00903. The third-order valence-corrected chi connectivity index (χ3v) is 7.58. The van der Waals surface area contributed by atoms with Crippen LogP contribution in [0.1, 0.15) is 27.8 Å². The summed E-state index contributed by atoms with van der Waals surface area (Å²) in [6.07, 6.45) is -8.90. The number of nitrogens with one attached hydrogen (secondary N) is 3. The van der Waals surface area contributed by atoms with Crippen LogP contribution in [0.25, 0.3) is 5.70 Å². The van der Waals surface area contributed by atoms with Crippen molar-refractivity contribution in [3.63, 3.8) is 0 Å². The topological polar surface area (TPSA) is 94.9 Å². The van der Waals surface area contributed by atoms with Gasteiger partial charge in [-0.15, -0.1) is 0 Å². The van der Waals surface area contributed by atoms with Crippen LogP contribution in [0.2, 0.25) is 0 Å². The Balaban J connectivity index is 1.91. The van der Waals surface area contributed by atoms with Crippen LogP contribution in [0.15, 0.2) is 53.9 Å². The maximum Gasteiger partial charge on any atom is 0.416 e. The minimum Gasteiger partial charge on any atom is -0.628 e. The number of ether oxygens (including phenoxy) is 1. The number of quaternary nitrogens is 1. The molecule has 2 aromatic carbocycles. The first-order valence-electron chi connectivity index (χ1n) is 11.8. The lowest BCUT2D eigenvalue weighted by Gasteiger charge is -2.39. The molecule has 0 aliphatic carbocycles. The van der Waals surface area contributed by atoms with Gasteiger partial charge in [-0.2, -0.15) is 26.3 Å². The number of rotatable bonds is 4.